The lowest BCUT2D eigenvalue weighted by Gasteiger charge is -2.21. The van der Waals surface area contributed by atoms with Gasteiger partial charge in [-0.25, -0.2) is 4.98 Å². The Kier molecular flexibility index (Phi) is 4.98. The SMILES string of the molecule is CCN(CCC(=O)O)C(=O)c1cc(C(C)C)nc2onc(C)c12. The molecular weight excluding hydrogens is 298 g/mol. The summed E-state index contributed by atoms with van der Waals surface area (Å²) in [5.41, 5.74) is 2.14. The lowest BCUT2D eigenvalue weighted by Crippen LogP contribution is -2.33. The average molecular weight is 319 g/mol. The summed E-state index contributed by atoms with van der Waals surface area (Å²) >= 11 is 0. The number of carboxylic acids is 1. The Morgan fingerprint density at radius 2 is 2.09 bits per heavy atom. The molecule has 124 valence electrons. The number of rotatable bonds is 6. The molecule has 0 saturated heterocycles. The van der Waals surface area contributed by atoms with E-state index in [1.54, 1.807) is 13.0 Å². The van der Waals surface area contributed by atoms with Crippen LogP contribution >= 0.6 is 0 Å². The molecule has 0 aromatic carbocycles. The number of carboxylic acid groups (broad SMARTS) is 1. The molecule has 0 fully saturated rings. The average Bonchev–Trinajstić information content (AvgIpc) is 2.88. The standard InChI is InChI=1S/C16H21N3O4/c1-5-19(7-6-13(20)21)16(22)11-8-12(9(2)3)17-15-14(11)10(4)18-23-15/h8-9H,5-7H2,1-4H3,(H,20,21). The highest BCUT2D eigenvalue weighted by atomic mass is 16.5. The van der Waals surface area contributed by atoms with E-state index in [2.05, 4.69) is 10.1 Å². The molecule has 0 unspecified atom stereocenters. The molecule has 1 N–H and O–H groups in total. The molecule has 7 heteroatoms. The van der Waals surface area contributed by atoms with Crippen LogP contribution < -0.4 is 0 Å². The number of nitrogens with zero attached hydrogens (tertiary/aromatic N) is 3. The molecule has 0 aliphatic rings. The monoisotopic (exact) mass is 319 g/mol. The van der Waals surface area contributed by atoms with Gasteiger partial charge < -0.3 is 14.5 Å². The maximum atomic E-state index is 12.9. The van der Waals surface area contributed by atoms with E-state index in [1.165, 1.54) is 4.90 Å². The number of aliphatic carboxylic acids is 1. The first-order chi connectivity index (χ1) is 10.8. The van der Waals surface area contributed by atoms with Crippen molar-refractivity contribution < 1.29 is 19.2 Å². The largest absolute Gasteiger partial charge is 0.481 e. The summed E-state index contributed by atoms with van der Waals surface area (Å²) in [7, 11) is 0. The van der Waals surface area contributed by atoms with E-state index >= 15 is 0 Å². The highest BCUT2D eigenvalue weighted by molar-refractivity contribution is 6.06. The van der Waals surface area contributed by atoms with Crippen molar-refractivity contribution in [2.75, 3.05) is 13.1 Å². The first kappa shape index (κ1) is 16.9. The molecule has 7 nitrogen and oxygen atoms in total. The van der Waals surface area contributed by atoms with Crippen LogP contribution in [0, 0.1) is 6.92 Å². The maximum absolute atomic E-state index is 12.9. The zero-order valence-corrected chi connectivity index (χ0v) is 13.8. The molecule has 23 heavy (non-hydrogen) atoms. The number of aromatic nitrogens is 2. The van der Waals surface area contributed by atoms with Gasteiger partial charge in [-0.1, -0.05) is 19.0 Å². The van der Waals surface area contributed by atoms with Gasteiger partial charge in [-0.3, -0.25) is 9.59 Å². The summed E-state index contributed by atoms with van der Waals surface area (Å²) in [6, 6.07) is 1.75. The number of hydrogen-bond acceptors (Lipinski definition) is 5. The molecule has 0 spiro atoms. The third-order valence-electron chi connectivity index (χ3n) is 3.72. The van der Waals surface area contributed by atoms with Gasteiger partial charge in [-0.2, -0.15) is 0 Å². The summed E-state index contributed by atoms with van der Waals surface area (Å²) < 4.78 is 5.22. The van der Waals surface area contributed by atoms with Crippen LogP contribution in [0.3, 0.4) is 0 Å². The molecule has 0 atom stereocenters. The molecule has 0 saturated carbocycles. The van der Waals surface area contributed by atoms with Crippen LogP contribution in [0.5, 0.6) is 0 Å². The normalized spacial score (nSPS) is 11.2. The molecule has 2 aromatic heterocycles. The zero-order chi connectivity index (χ0) is 17.1. The summed E-state index contributed by atoms with van der Waals surface area (Å²) in [5, 5.41) is 13.3. The maximum Gasteiger partial charge on any atom is 0.305 e. The summed E-state index contributed by atoms with van der Waals surface area (Å²) in [6.07, 6.45) is -0.0898. The van der Waals surface area contributed by atoms with Crippen molar-refractivity contribution in [3.8, 4) is 0 Å². The van der Waals surface area contributed by atoms with Crippen LogP contribution in [0.4, 0.5) is 0 Å². The lowest BCUT2D eigenvalue weighted by atomic mass is 10.0. The van der Waals surface area contributed by atoms with Crippen LogP contribution in [-0.2, 0) is 4.79 Å². The van der Waals surface area contributed by atoms with Crippen LogP contribution in [0.1, 0.15) is 54.9 Å². The fraction of sp³-hybridized carbons (Fsp3) is 0.500. The molecule has 0 radical (unpaired) electrons. The fourth-order valence-corrected chi connectivity index (χ4v) is 2.38. The van der Waals surface area contributed by atoms with Gasteiger partial charge in [0.2, 0.25) is 0 Å². The quantitative estimate of drug-likeness (QED) is 0.879. The van der Waals surface area contributed by atoms with Crippen LogP contribution in [0.2, 0.25) is 0 Å². The van der Waals surface area contributed by atoms with Gasteiger partial charge in [-0.15, -0.1) is 0 Å². The first-order valence-corrected chi connectivity index (χ1v) is 7.63. The van der Waals surface area contributed by atoms with Gasteiger partial charge in [0.05, 0.1) is 23.1 Å². The van der Waals surface area contributed by atoms with E-state index in [1.807, 2.05) is 20.8 Å². The smallest absolute Gasteiger partial charge is 0.305 e. The highest BCUT2D eigenvalue weighted by Crippen LogP contribution is 2.26. The minimum absolute atomic E-state index is 0.0898. The lowest BCUT2D eigenvalue weighted by molar-refractivity contribution is -0.137. The Hall–Kier alpha value is -2.44. The Morgan fingerprint density at radius 1 is 1.39 bits per heavy atom. The van der Waals surface area contributed by atoms with Crippen molar-refractivity contribution >= 4 is 23.0 Å². The molecule has 0 aliphatic heterocycles. The number of amides is 1. The van der Waals surface area contributed by atoms with E-state index in [9.17, 15) is 9.59 Å². The molecule has 2 rings (SSSR count). The van der Waals surface area contributed by atoms with E-state index in [4.69, 9.17) is 9.63 Å². The van der Waals surface area contributed by atoms with Crippen molar-refractivity contribution in [2.45, 2.75) is 40.0 Å². The van der Waals surface area contributed by atoms with Gasteiger partial charge in [0.15, 0.2) is 0 Å². The number of pyridine rings is 1. The minimum atomic E-state index is -0.930. The predicted octanol–water partition coefficient (Wildman–Crippen LogP) is 2.59. The predicted molar refractivity (Wildman–Crippen MR) is 84.5 cm³/mol. The van der Waals surface area contributed by atoms with E-state index in [0.717, 1.165) is 5.69 Å². The number of aryl methyl sites for hydroxylation is 1. The first-order valence-electron chi connectivity index (χ1n) is 7.63. The van der Waals surface area contributed by atoms with Crippen molar-refractivity contribution in [1.82, 2.24) is 15.0 Å². The van der Waals surface area contributed by atoms with Gasteiger partial charge in [0.25, 0.3) is 11.6 Å². The van der Waals surface area contributed by atoms with E-state index in [-0.39, 0.29) is 24.8 Å². The third-order valence-corrected chi connectivity index (χ3v) is 3.72. The minimum Gasteiger partial charge on any atom is -0.481 e. The number of carbonyl (C=O) groups is 2. The molecule has 0 bridgehead atoms. The van der Waals surface area contributed by atoms with Gasteiger partial charge in [0.1, 0.15) is 0 Å². The van der Waals surface area contributed by atoms with Gasteiger partial charge >= 0.3 is 5.97 Å². The third kappa shape index (κ3) is 3.49. The summed E-state index contributed by atoms with van der Waals surface area (Å²) in [4.78, 5) is 29.6. The van der Waals surface area contributed by atoms with Crippen LogP contribution in [0.25, 0.3) is 11.1 Å². The molecule has 0 aliphatic carbocycles. The molecule has 2 heterocycles. The van der Waals surface area contributed by atoms with Crippen LogP contribution in [0.15, 0.2) is 10.6 Å². The number of fused-ring (bicyclic) bond motifs is 1. The Labute approximate surface area is 134 Å². The van der Waals surface area contributed by atoms with Crippen molar-refractivity contribution in [2.24, 2.45) is 0 Å². The van der Waals surface area contributed by atoms with Crippen molar-refractivity contribution in [3.05, 3.63) is 23.0 Å². The Balaban J connectivity index is 2.48. The number of carbonyl (C=O) groups excluding carboxylic acids is 1. The van der Waals surface area contributed by atoms with E-state index in [0.29, 0.717) is 28.9 Å². The second-order valence-electron chi connectivity index (χ2n) is 5.73. The topological polar surface area (TPSA) is 96.5 Å². The zero-order valence-electron chi connectivity index (χ0n) is 13.8. The number of hydrogen-bond donors (Lipinski definition) is 1. The molecular formula is C16H21N3O4. The Bertz CT molecular complexity index is 736. The second kappa shape index (κ2) is 6.76. The van der Waals surface area contributed by atoms with Crippen LogP contribution in [-0.4, -0.2) is 45.1 Å². The van der Waals surface area contributed by atoms with Gasteiger partial charge in [0, 0.05) is 18.8 Å². The second-order valence-corrected chi connectivity index (χ2v) is 5.73. The van der Waals surface area contributed by atoms with Gasteiger partial charge in [-0.05, 0) is 25.8 Å². The Morgan fingerprint density at radius 3 is 2.65 bits per heavy atom. The van der Waals surface area contributed by atoms with E-state index < -0.39 is 5.97 Å². The molecule has 1 amide bonds. The highest BCUT2D eigenvalue weighted by Gasteiger charge is 2.23. The summed E-state index contributed by atoms with van der Waals surface area (Å²) in [6.45, 7) is 8.13. The fourth-order valence-electron chi connectivity index (χ4n) is 2.38. The molecule has 2 aromatic rings. The summed E-state index contributed by atoms with van der Waals surface area (Å²) in [5.74, 6) is -1.03. The van der Waals surface area contributed by atoms with Crippen molar-refractivity contribution in [1.29, 1.82) is 0 Å². The van der Waals surface area contributed by atoms with Crippen molar-refractivity contribution in [3.63, 3.8) is 0 Å².